The van der Waals surface area contributed by atoms with Crippen LogP contribution in [0.3, 0.4) is 0 Å². The molecule has 0 fully saturated rings. The van der Waals surface area contributed by atoms with Gasteiger partial charge in [0.25, 0.3) is 0 Å². The van der Waals surface area contributed by atoms with Crippen LogP contribution >= 0.6 is 0 Å². The Bertz CT molecular complexity index is 398. The molecule has 0 saturated heterocycles. The van der Waals surface area contributed by atoms with E-state index >= 15 is 0 Å². The van der Waals surface area contributed by atoms with Gasteiger partial charge in [0.15, 0.2) is 0 Å². The maximum atomic E-state index is 13.1. The molecule has 0 heterocycles. The lowest BCUT2D eigenvalue weighted by Gasteiger charge is -2.27. The fourth-order valence-electron chi connectivity index (χ4n) is 2.07. The molecule has 20 heavy (non-hydrogen) atoms. The van der Waals surface area contributed by atoms with Crippen LogP contribution in [0.2, 0.25) is 0 Å². The molecule has 2 atom stereocenters. The molecule has 0 spiro atoms. The van der Waals surface area contributed by atoms with Crippen molar-refractivity contribution in [2.24, 2.45) is 5.92 Å². The summed E-state index contributed by atoms with van der Waals surface area (Å²) in [7, 11) is 0. The van der Waals surface area contributed by atoms with Gasteiger partial charge in [0.05, 0.1) is 18.6 Å². The van der Waals surface area contributed by atoms with Crippen LogP contribution < -0.4 is 0 Å². The summed E-state index contributed by atoms with van der Waals surface area (Å²) in [5, 5.41) is 0. The summed E-state index contributed by atoms with van der Waals surface area (Å²) in [5.74, 6) is -1.45. The van der Waals surface area contributed by atoms with Crippen LogP contribution in [-0.2, 0) is 11.3 Å². The summed E-state index contributed by atoms with van der Waals surface area (Å²) in [6.45, 7) is 3.66. The molecular formula is C16H21F3O. The van der Waals surface area contributed by atoms with Crippen LogP contribution in [0.15, 0.2) is 42.5 Å². The summed E-state index contributed by atoms with van der Waals surface area (Å²) < 4.78 is 44.8. The first-order chi connectivity index (χ1) is 9.49. The third-order valence-electron chi connectivity index (χ3n) is 3.20. The van der Waals surface area contributed by atoms with Crippen molar-refractivity contribution in [1.82, 2.24) is 0 Å². The Kier molecular flexibility index (Phi) is 6.79. The predicted octanol–water partition coefficient (Wildman–Crippen LogP) is 5.13. The highest BCUT2D eigenvalue weighted by Gasteiger charge is 2.43. The van der Waals surface area contributed by atoms with Crippen molar-refractivity contribution in [2.45, 2.75) is 45.6 Å². The van der Waals surface area contributed by atoms with Crippen molar-refractivity contribution in [3.8, 4) is 0 Å². The summed E-state index contributed by atoms with van der Waals surface area (Å²) in [5.41, 5.74) is 0.887. The normalized spacial score (nSPS) is 15.4. The fraction of sp³-hybridized carbons (Fsp3) is 0.500. The zero-order valence-corrected chi connectivity index (χ0v) is 11.9. The van der Waals surface area contributed by atoms with Gasteiger partial charge in [-0.05, 0) is 25.3 Å². The van der Waals surface area contributed by atoms with Crippen molar-refractivity contribution in [1.29, 1.82) is 0 Å². The minimum atomic E-state index is -4.24. The molecule has 0 aliphatic carbocycles. The second-order valence-electron chi connectivity index (χ2n) is 4.70. The highest BCUT2D eigenvalue weighted by molar-refractivity contribution is 5.13. The van der Waals surface area contributed by atoms with E-state index in [2.05, 4.69) is 0 Å². The summed E-state index contributed by atoms with van der Waals surface area (Å²) in [4.78, 5) is 0. The first kappa shape index (κ1) is 16.8. The van der Waals surface area contributed by atoms with Gasteiger partial charge in [-0.3, -0.25) is 0 Å². The monoisotopic (exact) mass is 286 g/mol. The van der Waals surface area contributed by atoms with Gasteiger partial charge in [-0.2, -0.15) is 13.2 Å². The van der Waals surface area contributed by atoms with Crippen LogP contribution in [-0.4, -0.2) is 12.3 Å². The lowest BCUT2D eigenvalue weighted by atomic mass is 9.95. The summed E-state index contributed by atoms with van der Waals surface area (Å²) >= 11 is 0. The Morgan fingerprint density at radius 1 is 1.20 bits per heavy atom. The molecule has 0 aliphatic heterocycles. The second kappa shape index (κ2) is 8.10. The van der Waals surface area contributed by atoms with E-state index in [1.54, 1.807) is 26.0 Å². The number of allylic oxidation sites excluding steroid dienone is 2. The number of benzene rings is 1. The zero-order valence-electron chi connectivity index (χ0n) is 11.9. The predicted molar refractivity (Wildman–Crippen MR) is 74.3 cm³/mol. The molecule has 1 aromatic carbocycles. The van der Waals surface area contributed by atoms with Crippen molar-refractivity contribution in [2.75, 3.05) is 0 Å². The topological polar surface area (TPSA) is 9.23 Å². The molecule has 4 heteroatoms. The average molecular weight is 286 g/mol. The molecule has 0 unspecified atom stereocenters. The van der Waals surface area contributed by atoms with Gasteiger partial charge in [0, 0.05) is 0 Å². The number of alkyl halides is 3. The van der Waals surface area contributed by atoms with Crippen molar-refractivity contribution >= 4 is 0 Å². The zero-order chi connectivity index (χ0) is 15.0. The molecule has 0 bridgehead atoms. The van der Waals surface area contributed by atoms with Gasteiger partial charge < -0.3 is 4.74 Å². The first-order valence-electron chi connectivity index (χ1n) is 6.82. The average Bonchev–Trinajstić information content (AvgIpc) is 2.42. The number of rotatable bonds is 7. The van der Waals surface area contributed by atoms with E-state index in [0.717, 1.165) is 5.56 Å². The van der Waals surface area contributed by atoms with Gasteiger partial charge >= 0.3 is 6.18 Å². The van der Waals surface area contributed by atoms with Crippen LogP contribution in [0, 0.1) is 5.92 Å². The quantitative estimate of drug-likeness (QED) is 0.632. The number of hydrogen-bond donors (Lipinski definition) is 0. The van der Waals surface area contributed by atoms with Gasteiger partial charge in [0.1, 0.15) is 0 Å². The molecule has 0 aliphatic rings. The number of hydrogen-bond acceptors (Lipinski definition) is 1. The van der Waals surface area contributed by atoms with Crippen LogP contribution in [0.25, 0.3) is 0 Å². The Morgan fingerprint density at radius 3 is 2.35 bits per heavy atom. The molecule has 0 radical (unpaired) electrons. The standard InChI is InChI=1S/C16H21F3O/c1-3-5-11-14(16(17,18)19)15(4-2)20-12-13-9-7-6-8-10-13/h3,5-10,14-15H,4,11-12H2,1-2H3/b5-3+/t14-,15-/m1/s1. The summed E-state index contributed by atoms with van der Waals surface area (Å²) in [6.07, 6.45) is -1.56. The molecule has 1 aromatic rings. The van der Waals surface area contributed by atoms with Gasteiger partial charge in [-0.25, -0.2) is 0 Å². The van der Waals surface area contributed by atoms with E-state index < -0.39 is 18.2 Å². The maximum absolute atomic E-state index is 13.1. The molecule has 0 aromatic heterocycles. The van der Waals surface area contributed by atoms with E-state index in [9.17, 15) is 13.2 Å². The smallest absolute Gasteiger partial charge is 0.373 e. The lowest BCUT2D eigenvalue weighted by Crippen LogP contribution is -2.35. The van der Waals surface area contributed by atoms with Gasteiger partial charge in [-0.1, -0.05) is 49.4 Å². The Morgan fingerprint density at radius 2 is 1.85 bits per heavy atom. The highest BCUT2D eigenvalue weighted by atomic mass is 19.4. The van der Waals surface area contributed by atoms with Crippen LogP contribution in [0.4, 0.5) is 13.2 Å². The Hall–Kier alpha value is -1.29. The fourth-order valence-corrected chi connectivity index (χ4v) is 2.07. The molecule has 112 valence electrons. The second-order valence-corrected chi connectivity index (χ2v) is 4.70. The van der Waals surface area contributed by atoms with Gasteiger partial charge in [0.2, 0.25) is 0 Å². The first-order valence-corrected chi connectivity index (χ1v) is 6.82. The van der Waals surface area contributed by atoms with Gasteiger partial charge in [-0.15, -0.1) is 0 Å². The van der Waals surface area contributed by atoms with E-state index in [1.807, 2.05) is 30.3 Å². The third-order valence-corrected chi connectivity index (χ3v) is 3.20. The molecule has 1 rings (SSSR count). The minimum absolute atomic E-state index is 0.0344. The lowest BCUT2D eigenvalue weighted by molar-refractivity contribution is -0.208. The van der Waals surface area contributed by atoms with E-state index in [0.29, 0.717) is 6.42 Å². The summed E-state index contributed by atoms with van der Waals surface area (Å²) in [6, 6.07) is 9.26. The largest absolute Gasteiger partial charge is 0.394 e. The highest BCUT2D eigenvalue weighted by Crippen LogP contribution is 2.34. The molecule has 0 amide bonds. The minimum Gasteiger partial charge on any atom is -0.373 e. The maximum Gasteiger partial charge on any atom is 0.394 e. The SMILES string of the molecule is C/C=C/C[C@H]([C@@H](CC)OCc1ccccc1)C(F)(F)F. The van der Waals surface area contributed by atoms with E-state index in [-0.39, 0.29) is 13.0 Å². The Labute approximate surface area is 118 Å². The molecule has 1 nitrogen and oxygen atoms in total. The van der Waals surface area contributed by atoms with E-state index in [1.165, 1.54) is 0 Å². The number of ether oxygens (including phenoxy) is 1. The number of halogens is 3. The molecule has 0 saturated carbocycles. The molecular weight excluding hydrogens is 265 g/mol. The van der Waals surface area contributed by atoms with Crippen molar-refractivity contribution < 1.29 is 17.9 Å². The molecule has 0 N–H and O–H groups in total. The van der Waals surface area contributed by atoms with Crippen LogP contribution in [0.5, 0.6) is 0 Å². The van der Waals surface area contributed by atoms with Crippen molar-refractivity contribution in [3.63, 3.8) is 0 Å². The van der Waals surface area contributed by atoms with Crippen molar-refractivity contribution in [3.05, 3.63) is 48.0 Å². The van der Waals surface area contributed by atoms with E-state index in [4.69, 9.17) is 4.74 Å². The third kappa shape index (κ3) is 5.37. The van der Waals surface area contributed by atoms with Crippen LogP contribution in [0.1, 0.15) is 32.3 Å². The Balaban J connectivity index is 2.70.